The van der Waals surface area contributed by atoms with Gasteiger partial charge in [0.15, 0.2) is 0 Å². The Morgan fingerprint density at radius 1 is 1.27 bits per heavy atom. The summed E-state index contributed by atoms with van der Waals surface area (Å²) in [4.78, 5) is 0. The summed E-state index contributed by atoms with van der Waals surface area (Å²) in [5.74, 6) is 0.994. The summed E-state index contributed by atoms with van der Waals surface area (Å²) in [6.45, 7) is 0.807. The van der Waals surface area contributed by atoms with E-state index in [1.807, 2.05) is 18.2 Å². The Bertz CT molecular complexity index is 374. The number of fused-ring (bicyclic) bond motifs is 1. The van der Waals surface area contributed by atoms with Gasteiger partial charge in [-0.2, -0.15) is 0 Å². The maximum atomic E-state index is 5.81. The summed E-state index contributed by atoms with van der Waals surface area (Å²) in [5.41, 5.74) is 7.86. The Labute approximate surface area is 89.6 Å². The Kier molecular flexibility index (Phi) is 2.06. The molecular formula is C12H16N2O. The van der Waals surface area contributed by atoms with Gasteiger partial charge < -0.3 is 15.8 Å². The van der Waals surface area contributed by atoms with Crippen molar-refractivity contribution in [2.45, 2.75) is 31.3 Å². The van der Waals surface area contributed by atoms with Gasteiger partial charge in [0.2, 0.25) is 0 Å². The lowest BCUT2D eigenvalue weighted by molar-refractivity contribution is 0.252. The van der Waals surface area contributed by atoms with Gasteiger partial charge in [0.1, 0.15) is 5.75 Å². The topological polar surface area (TPSA) is 47.3 Å². The predicted molar refractivity (Wildman–Crippen MR) is 59.9 cm³/mol. The highest BCUT2D eigenvalue weighted by molar-refractivity contribution is 5.50. The van der Waals surface area contributed by atoms with Crippen LogP contribution in [0, 0.1) is 0 Å². The highest BCUT2D eigenvalue weighted by atomic mass is 16.5. The van der Waals surface area contributed by atoms with Crippen molar-refractivity contribution in [3.8, 4) is 5.75 Å². The molecule has 1 atom stereocenters. The molecule has 1 fully saturated rings. The first kappa shape index (κ1) is 9.04. The van der Waals surface area contributed by atoms with Gasteiger partial charge in [0.25, 0.3) is 0 Å². The lowest BCUT2D eigenvalue weighted by Crippen LogP contribution is -2.28. The van der Waals surface area contributed by atoms with Gasteiger partial charge in [0.05, 0.1) is 6.61 Å². The molecule has 15 heavy (non-hydrogen) atoms. The average molecular weight is 204 g/mol. The third kappa shape index (κ3) is 1.79. The van der Waals surface area contributed by atoms with Crippen LogP contribution >= 0.6 is 0 Å². The van der Waals surface area contributed by atoms with Gasteiger partial charge in [-0.1, -0.05) is 0 Å². The van der Waals surface area contributed by atoms with Crippen molar-refractivity contribution in [3.05, 3.63) is 23.8 Å². The number of hydrogen-bond donors (Lipinski definition) is 2. The Morgan fingerprint density at radius 3 is 2.93 bits per heavy atom. The van der Waals surface area contributed by atoms with Crippen LogP contribution in [0.2, 0.25) is 0 Å². The fourth-order valence-corrected chi connectivity index (χ4v) is 2.12. The molecule has 3 N–H and O–H groups in total. The van der Waals surface area contributed by atoms with E-state index in [1.165, 1.54) is 18.4 Å². The number of benzene rings is 1. The van der Waals surface area contributed by atoms with Crippen LogP contribution in [-0.2, 0) is 0 Å². The van der Waals surface area contributed by atoms with E-state index in [0.29, 0.717) is 6.04 Å². The van der Waals surface area contributed by atoms with Crippen LogP contribution in [0.3, 0.4) is 0 Å². The second-order valence-corrected chi connectivity index (χ2v) is 4.43. The first-order chi connectivity index (χ1) is 7.33. The van der Waals surface area contributed by atoms with Gasteiger partial charge in [0, 0.05) is 29.8 Å². The molecule has 80 valence electrons. The van der Waals surface area contributed by atoms with Crippen molar-refractivity contribution in [2.75, 3.05) is 12.3 Å². The molecule has 1 aromatic carbocycles. The van der Waals surface area contributed by atoms with Gasteiger partial charge in [-0.05, 0) is 31.0 Å². The molecule has 1 unspecified atom stereocenters. The first-order valence-corrected chi connectivity index (χ1v) is 5.61. The van der Waals surface area contributed by atoms with Crippen LogP contribution in [0.15, 0.2) is 18.2 Å². The normalized spacial score (nSPS) is 24.4. The number of hydrogen-bond acceptors (Lipinski definition) is 3. The third-order valence-corrected chi connectivity index (χ3v) is 3.09. The van der Waals surface area contributed by atoms with E-state index in [1.54, 1.807) is 0 Å². The highest BCUT2D eigenvalue weighted by Gasteiger charge is 2.28. The fourth-order valence-electron chi connectivity index (χ4n) is 2.12. The number of anilines is 1. The molecule has 1 aromatic rings. The van der Waals surface area contributed by atoms with Gasteiger partial charge in [-0.25, -0.2) is 0 Å². The molecule has 3 nitrogen and oxygen atoms in total. The van der Waals surface area contributed by atoms with E-state index < -0.39 is 0 Å². The van der Waals surface area contributed by atoms with E-state index in [4.69, 9.17) is 10.5 Å². The SMILES string of the molecule is Nc1ccc2c(c1)C(NC1CC1)CCO2. The second-order valence-electron chi connectivity index (χ2n) is 4.43. The van der Waals surface area contributed by atoms with Gasteiger partial charge in [-0.15, -0.1) is 0 Å². The molecule has 0 saturated heterocycles. The van der Waals surface area contributed by atoms with Crippen LogP contribution in [0.4, 0.5) is 5.69 Å². The van der Waals surface area contributed by atoms with Crippen molar-refractivity contribution in [1.82, 2.24) is 5.32 Å². The van der Waals surface area contributed by atoms with E-state index in [9.17, 15) is 0 Å². The summed E-state index contributed by atoms with van der Waals surface area (Å²) in [6.07, 6.45) is 3.68. The standard InChI is InChI=1S/C12H16N2O/c13-8-1-4-12-10(7-8)11(5-6-15-12)14-9-2-3-9/h1,4,7,9,11,14H,2-3,5-6,13H2. The zero-order valence-corrected chi connectivity index (χ0v) is 8.70. The lowest BCUT2D eigenvalue weighted by Gasteiger charge is -2.27. The monoisotopic (exact) mass is 204 g/mol. The quantitative estimate of drug-likeness (QED) is 0.723. The minimum atomic E-state index is 0.435. The molecule has 3 heteroatoms. The molecule has 1 aliphatic heterocycles. The summed E-state index contributed by atoms with van der Waals surface area (Å²) in [5, 5.41) is 3.64. The summed E-state index contributed by atoms with van der Waals surface area (Å²) >= 11 is 0. The number of nitrogen functional groups attached to an aromatic ring is 1. The number of nitrogens with one attached hydrogen (secondary N) is 1. The maximum Gasteiger partial charge on any atom is 0.124 e. The molecular weight excluding hydrogens is 188 g/mol. The Morgan fingerprint density at radius 2 is 2.13 bits per heavy atom. The largest absolute Gasteiger partial charge is 0.493 e. The summed E-state index contributed by atoms with van der Waals surface area (Å²) < 4.78 is 5.62. The smallest absolute Gasteiger partial charge is 0.124 e. The van der Waals surface area contributed by atoms with Crippen molar-refractivity contribution >= 4 is 5.69 Å². The van der Waals surface area contributed by atoms with E-state index in [0.717, 1.165) is 30.5 Å². The summed E-state index contributed by atoms with van der Waals surface area (Å²) in [7, 11) is 0. The van der Waals surface area contributed by atoms with Gasteiger partial charge in [-0.3, -0.25) is 0 Å². The van der Waals surface area contributed by atoms with Crippen LogP contribution in [0.25, 0.3) is 0 Å². The Balaban J connectivity index is 1.89. The molecule has 1 aliphatic carbocycles. The lowest BCUT2D eigenvalue weighted by atomic mass is 10.00. The molecule has 0 aromatic heterocycles. The molecule has 1 heterocycles. The van der Waals surface area contributed by atoms with Crippen molar-refractivity contribution in [2.24, 2.45) is 0 Å². The molecule has 0 bridgehead atoms. The van der Waals surface area contributed by atoms with Crippen LogP contribution in [0.1, 0.15) is 30.9 Å². The minimum Gasteiger partial charge on any atom is -0.493 e. The highest BCUT2D eigenvalue weighted by Crippen LogP contribution is 2.35. The number of ether oxygens (including phenoxy) is 1. The number of rotatable bonds is 2. The fraction of sp³-hybridized carbons (Fsp3) is 0.500. The Hall–Kier alpha value is -1.22. The molecule has 3 rings (SSSR count). The molecule has 0 spiro atoms. The first-order valence-electron chi connectivity index (χ1n) is 5.61. The third-order valence-electron chi connectivity index (χ3n) is 3.09. The van der Waals surface area contributed by atoms with Crippen molar-refractivity contribution in [3.63, 3.8) is 0 Å². The van der Waals surface area contributed by atoms with E-state index in [2.05, 4.69) is 5.32 Å². The van der Waals surface area contributed by atoms with Crippen LogP contribution in [-0.4, -0.2) is 12.6 Å². The van der Waals surface area contributed by atoms with E-state index in [-0.39, 0.29) is 0 Å². The second kappa shape index (κ2) is 3.42. The zero-order valence-electron chi connectivity index (χ0n) is 8.70. The van der Waals surface area contributed by atoms with Crippen molar-refractivity contribution in [1.29, 1.82) is 0 Å². The van der Waals surface area contributed by atoms with Crippen LogP contribution in [0.5, 0.6) is 5.75 Å². The van der Waals surface area contributed by atoms with Crippen molar-refractivity contribution < 1.29 is 4.74 Å². The zero-order chi connectivity index (χ0) is 10.3. The van der Waals surface area contributed by atoms with Crippen LogP contribution < -0.4 is 15.8 Å². The minimum absolute atomic E-state index is 0.435. The molecule has 0 amide bonds. The summed E-state index contributed by atoms with van der Waals surface area (Å²) in [6, 6.07) is 7.07. The van der Waals surface area contributed by atoms with E-state index >= 15 is 0 Å². The average Bonchev–Trinajstić information content (AvgIpc) is 3.03. The molecule has 1 saturated carbocycles. The van der Waals surface area contributed by atoms with Gasteiger partial charge >= 0.3 is 0 Å². The molecule has 2 aliphatic rings. The predicted octanol–water partition coefficient (Wildman–Crippen LogP) is 1.84. The number of nitrogens with two attached hydrogens (primary N) is 1. The molecule has 0 radical (unpaired) electrons. The maximum absolute atomic E-state index is 5.81.